The van der Waals surface area contributed by atoms with E-state index in [4.69, 9.17) is 4.74 Å². The normalized spacial score (nSPS) is 26.1. The molecule has 106 valence electrons. The Labute approximate surface area is 115 Å². The molecule has 1 spiro atoms. The van der Waals surface area contributed by atoms with Crippen molar-refractivity contribution >= 4 is 0 Å². The Bertz CT molecular complexity index is 409. The van der Waals surface area contributed by atoms with E-state index in [9.17, 15) is 0 Å². The molecule has 1 aromatic rings. The summed E-state index contributed by atoms with van der Waals surface area (Å²) >= 11 is 0. The standard InChI is InChI=1S/C15H25N3O/c1-18-13(6-10-17-18)11-16-12-14-5-9-15(19-14)7-3-2-4-8-15/h6,10,14,16H,2-5,7-9,11-12H2,1H3. The summed E-state index contributed by atoms with van der Waals surface area (Å²) < 4.78 is 8.28. The molecular weight excluding hydrogens is 238 g/mol. The lowest BCUT2D eigenvalue weighted by Gasteiger charge is -2.33. The molecule has 1 saturated heterocycles. The lowest BCUT2D eigenvalue weighted by atomic mass is 9.83. The second-order valence-electron chi connectivity index (χ2n) is 6.10. The third-order valence-electron chi connectivity index (χ3n) is 4.70. The maximum absolute atomic E-state index is 6.35. The number of aromatic nitrogens is 2. The zero-order valence-corrected chi connectivity index (χ0v) is 11.9. The number of hydrogen-bond acceptors (Lipinski definition) is 3. The van der Waals surface area contributed by atoms with Crippen molar-refractivity contribution in [2.75, 3.05) is 6.54 Å². The lowest BCUT2D eigenvalue weighted by Crippen LogP contribution is -2.34. The number of ether oxygens (including phenoxy) is 1. The van der Waals surface area contributed by atoms with Crippen LogP contribution >= 0.6 is 0 Å². The Morgan fingerprint density at radius 3 is 2.95 bits per heavy atom. The molecule has 1 N–H and O–H groups in total. The van der Waals surface area contributed by atoms with E-state index in [1.54, 1.807) is 0 Å². The van der Waals surface area contributed by atoms with Gasteiger partial charge in [-0.2, -0.15) is 5.10 Å². The Balaban J connectivity index is 1.43. The van der Waals surface area contributed by atoms with Crippen molar-refractivity contribution in [3.8, 4) is 0 Å². The Hall–Kier alpha value is -0.870. The van der Waals surface area contributed by atoms with Gasteiger partial charge >= 0.3 is 0 Å². The SMILES string of the molecule is Cn1nccc1CNCC1CCC2(CCCCC2)O1. The molecule has 2 fully saturated rings. The molecule has 1 atom stereocenters. The summed E-state index contributed by atoms with van der Waals surface area (Å²) in [6.45, 7) is 1.84. The summed E-state index contributed by atoms with van der Waals surface area (Å²) in [4.78, 5) is 0. The zero-order valence-electron chi connectivity index (χ0n) is 11.9. The van der Waals surface area contributed by atoms with Crippen LogP contribution < -0.4 is 5.32 Å². The predicted molar refractivity (Wildman–Crippen MR) is 74.8 cm³/mol. The lowest BCUT2D eigenvalue weighted by molar-refractivity contribution is -0.0624. The highest BCUT2D eigenvalue weighted by atomic mass is 16.5. The van der Waals surface area contributed by atoms with Crippen molar-refractivity contribution in [1.82, 2.24) is 15.1 Å². The first-order chi connectivity index (χ1) is 9.27. The molecule has 1 aliphatic heterocycles. The molecule has 3 rings (SSSR count). The third kappa shape index (κ3) is 3.00. The highest BCUT2D eigenvalue weighted by molar-refractivity contribution is 4.99. The van der Waals surface area contributed by atoms with Gasteiger partial charge in [-0.05, 0) is 31.7 Å². The molecule has 0 amide bonds. The van der Waals surface area contributed by atoms with Crippen LogP contribution in [0.5, 0.6) is 0 Å². The number of nitrogens with zero attached hydrogens (tertiary/aromatic N) is 2. The van der Waals surface area contributed by atoms with E-state index in [0.717, 1.165) is 13.1 Å². The summed E-state index contributed by atoms with van der Waals surface area (Å²) in [5.41, 5.74) is 1.47. The van der Waals surface area contributed by atoms with Gasteiger partial charge in [0.2, 0.25) is 0 Å². The van der Waals surface area contributed by atoms with Crippen LogP contribution in [-0.4, -0.2) is 28.0 Å². The van der Waals surface area contributed by atoms with E-state index in [0.29, 0.717) is 6.10 Å². The third-order valence-corrected chi connectivity index (χ3v) is 4.70. The average Bonchev–Trinajstić information content (AvgIpc) is 2.99. The van der Waals surface area contributed by atoms with Crippen LogP contribution in [0.4, 0.5) is 0 Å². The molecule has 0 aromatic carbocycles. The molecule has 1 saturated carbocycles. The first kappa shape index (κ1) is 13.1. The second kappa shape index (κ2) is 5.63. The van der Waals surface area contributed by atoms with Gasteiger partial charge in [-0.3, -0.25) is 4.68 Å². The van der Waals surface area contributed by atoms with E-state index < -0.39 is 0 Å². The molecule has 4 heteroatoms. The van der Waals surface area contributed by atoms with Crippen molar-refractivity contribution < 1.29 is 4.74 Å². The molecule has 0 radical (unpaired) electrons. The van der Waals surface area contributed by atoms with Gasteiger partial charge in [0.1, 0.15) is 0 Å². The molecule has 1 aliphatic carbocycles. The molecule has 0 bridgehead atoms. The van der Waals surface area contributed by atoms with E-state index in [1.807, 2.05) is 17.9 Å². The average molecular weight is 263 g/mol. The topological polar surface area (TPSA) is 39.1 Å². The summed E-state index contributed by atoms with van der Waals surface area (Å²) in [6.07, 6.45) is 11.4. The number of rotatable bonds is 4. The van der Waals surface area contributed by atoms with Crippen LogP contribution in [0.15, 0.2) is 12.3 Å². The van der Waals surface area contributed by atoms with Crippen molar-refractivity contribution in [2.45, 2.75) is 63.2 Å². The van der Waals surface area contributed by atoms with Gasteiger partial charge in [0.25, 0.3) is 0 Å². The van der Waals surface area contributed by atoms with Gasteiger partial charge in [0, 0.05) is 26.3 Å². The van der Waals surface area contributed by atoms with Crippen LogP contribution in [0.25, 0.3) is 0 Å². The zero-order chi connectivity index (χ0) is 13.1. The monoisotopic (exact) mass is 263 g/mol. The molecule has 1 aromatic heterocycles. The predicted octanol–water partition coefficient (Wildman–Crippen LogP) is 2.39. The minimum absolute atomic E-state index is 0.247. The first-order valence-corrected chi connectivity index (χ1v) is 7.63. The van der Waals surface area contributed by atoms with Gasteiger partial charge in [0.05, 0.1) is 17.4 Å². The number of aryl methyl sites for hydroxylation is 1. The summed E-state index contributed by atoms with van der Waals surface area (Å²) in [7, 11) is 1.99. The Morgan fingerprint density at radius 2 is 2.21 bits per heavy atom. The van der Waals surface area contributed by atoms with Crippen molar-refractivity contribution in [2.24, 2.45) is 7.05 Å². The summed E-state index contributed by atoms with van der Waals surface area (Å²) in [5, 5.41) is 7.69. The van der Waals surface area contributed by atoms with Crippen LogP contribution in [0.2, 0.25) is 0 Å². The van der Waals surface area contributed by atoms with Gasteiger partial charge in [0.15, 0.2) is 0 Å². The fourth-order valence-electron chi connectivity index (χ4n) is 3.54. The molecular formula is C15H25N3O. The maximum Gasteiger partial charge on any atom is 0.0708 e. The molecule has 2 heterocycles. The van der Waals surface area contributed by atoms with Gasteiger partial charge in [-0.1, -0.05) is 19.3 Å². The fourth-order valence-corrected chi connectivity index (χ4v) is 3.54. The smallest absolute Gasteiger partial charge is 0.0708 e. The quantitative estimate of drug-likeness (QED) is 0.906. The largest absolute Gasteiger partial charge is 0.370 e. The van der Waals surface area contributed by atoms with Crippen LogP contribution in [0.3, 0.4) is 0 Å². The molecule has 19 heavy (non-hydrogen) atoms. The summed E-state index contributed by atoms with van der Waals surface area (Å²) in [6, 6.07) is 2.06. The second-order valence-corrected chi connectivity index (χ2v) is 6.10. The summed E-state index contributed by atoms with van der Waals surface area (Å²) in [5.74, 6) is 0. The van der Waals surface area contributed by atoms with E-state index in [1.165, 1.54) is 50.6 Å². The number of nitrogens with one attached hydrogen (secondary N) is 1. The Morgan fingerprint density at radius 1 is 1.37 bits per heavy atom. The molecule has 4 nitrogen and oxygen atoms in total. The van der Waals surface area contributed by atoms with Gasteiger partial charge in [-0.15, -0.1) is 0 Å². The minimum atomic E-state index is 0.247. The van der Waals surface area contributed by atoms with E-state index >= 15 is 0 Å². The van der Waals surface area contributed by atoms with Gasteiger partial charge < -0.3 is 10.1 Å². The van der Waals surface area contributed by atoms with Gasteiger partial charge in [-0.25, -0.2) is 0 Å². The van der Waals surface area contributed by atoms with Crippen molar-refractivity contribution in [3.63, 3.8) is 0 Å². The molecule has 2 aliphatic rings. The van der Waals surface area contributed by atoms with E-state index in [2.05, 4.69) is 16.5 Å². The Kier molecular flexibility index (Phi) is 3.89. The van der Waals surface area contributed by atoms with Crippen LogP contribution in [0.1, 0.15) is 50.6 Å². The van der Waals surface area contributed by atoms with Crippen LogP contribution in [-0.2, 0) is 18.3 Å². The fraction of sp³-hybridized carbons (Fsp3) is 0.800. The van der Waals surface area contributed by atoms with E-state index in [-0.39, 0.29) is 5.60 Å². The molecule has 1 unspecified atom stereocenters. The maximum atomic E-state index is 6.35. The van der Waals surface area contributed by atoms with Crippen molar-refractivity contribution in [3.05, 3.63) is 18.0 Å². The van der Waals surface area contributed by atoms with Crippen LogP contribution in [0, 0.1) is 0 Å². The first-order valence-electron chi connectivity index (χ1n) is 7.63. The highest BCUT2D eigenvalue weighted by Gasteiger charge is 2.40. The highest BCUT2D eigenvalue weighted by Crippen LogP contribution is 2.41. The van der Waals surface area contributed by atoms with Crippen molar-refractivity contribution in [1.29, 1.82) is 0 Å². The number of hydrogen-bond donors (Lipinski definition) is 1. The minimum Gasteiger partial charge on any atom is -0.370 e.